The summed E-state index contributed by atoms with van der Waals surface area (Å²) in [4.78, 5) is 46.7. The van der Waals surface area contributed by atoms with E-state index in [9.17, 15) is 14.4 Å². The van der Waals surface area contributed by atoms with Crippen LogP contribution in [0.15, 0.2) is 29.1 Å². The molecule has 0 spiro atoms. The molecule has 2 aromatic heterocycles. The molecule has 1 atom stereocenters. The number of nitrogens with zero attached hydrogens (tertiary/aromatic N) is 1. The van der Waals surface area contributed by atoms with Crippen molar-refractivity contribution in [2.45, 2.75) is 66.5 Å². The fourth-order valence-corrected chi connectivity index (χ4v) is 4.49. The van der Waals surface area contributed by atoms with Gasteiger partial charge < -0.3 is 15.0 Å². The van der Waals surface area contributed by atoms with Crippen LogP contribution in [-0.2, 0) is 21.6 Å². The average molecular weight is 470 g/mol. The van der Waals surface area contributed by atoms with Crippen molar-refractivity contribution >= 4 is 33.4 Å². The summed E-state index contributed by atoms with van der Waals surface area (Å²) in [7, 11) is 0. The van der Waals surface area contributed by atoms with Crippen molar-refractivity contribution in [3.05, 3.63) is 62.0 Å². The SMILES string of the molecule is Cc1sc2nc(COC(=O)[C@@H](NC(=O)c3ccc(C(C)(C)C)cc3)C(C)C)[nH]c(=O)c2c1C. The Hall–Kier alpha value is -3.00. The van der Waals surface area contributed by atoms with Gasteiger partial charge in [0.05, 0.1) is 5.39 Å². The van der Waals surface area contributed by atoms with Crippen LogP contribution in [0.4, 0.5) is 0 Å². The highest BCUT2D eigenvalue weighted by molar-refractivity contribution is 7.18. The molecule has 7 nitrogen and oxygen atoms in total. The summed E-state index contributed by atoms with van der Waals surface area (Å²) in [6, 6.07) is 6.52. The van der Waals surface area contributed by atoms with Crippen molar-refractivity contribution in [1.82, 2.24) is 15.3 Å². The molecule has 0 aliphatic carbocycles. The molecule has 0 saturated heterocycles. The van der Waals surface area contributed by atoms with Gasteiger partial charge in [-0.3, -0.25) is 9.59 Å². The topological polar surface area (TPSA) is 101 Å². The predicted octanol–water partition coefficient (Wildman–Crippen LogP) is 4.40. The summed E-state index contributed by atoms with van der Waals surface area (Å²) >= 11 is 1.43. The number of carbonyl (C=O) groups is 2. The Bertz CT molecular complexity index is 1230. The summed E-state index contributed by atoms with van der Waals surface area (Å²) < 4.78 is 5.41. The number of rotatable bonds is 6. The molecule has 3 rings (SSSR count). The molecule has 0 bridgehead atoms. The van der Waals surface area contributed by atoms with E-state index in [0.717, 1.165) is 16.0 Å². The number of thiophene rings is 1. The molecule has 2 heterocycles. The molecule has 33 heavy (non-hydrogen) atoms. The van der Waals surface area contributed by atoms with E-state index in [1.54, 1.807) is 12.1 Å². The number of aromatic amines is 1. The van der Waals surface area contributed by atoms with E-state index in [4.69, 9.17) is 4.74 Å². The highest BCUT2D eigenvalue weighted by Gasteiger charge is 2.27. The first kappa shape index (κ1) is 24.6. The van der Waals surface area contributed by atoms with Crippen molar-refractivity contribution in [2.75, 3.05) is 0 Å². The molecule has 2 N–H and O–H groups in total. The van der Waals surface area contributed by atoms with Gasteiger partial charge in [0, 0.05) is 10.4 Å². The van der Waals surface area contributed by atoms with Crippen molar-refractivity contribution in [3.63, 3.8) is 0 Å². The maximum absolute atomic E-state index is 12.8. The van der Waals surface area contributed by atoms with E-state index in [1.807, 2.05) is 39.8 Å². The first-order valence-electron chi connectivity index (χ1n) is 11.0. The van der Waals surface area contributed by atoms with Crippen molar-refractivity contribution < 1.29 is 14.3 Å². The number of benzene rings is 1. The largest absolute Gasteiger partial charge is 0.456 e. The average Bonchev–Trinajstić information content (AvgIpc) is 3.03. The van der Waals surface area contributed by atoms with Crippen LogP contribution in [0.1, 0.15) is 66.8 Å². The minimum Gasteiger partial charge on any atom is -0.456 e. The van der Waals surface area contributed by atoms with E-state index in [2.05, 4.69) is 36.1 Å². The minimum atomic E-state index is -0.832. The third-order valence-electron chi connectivity index (χ3n) is 5.66. The smallest absolute Gasteiger partial charge is 0.329 e. The number of aryl methyl sites for hydroxylation is 2. The van der Waals surface area contributed by atoms with Gasteiger partial charge >= 0.3 is 5.97 Å². The van der Waals surface area contributed by atoms with Gasteiger partial charge in [0.2, 0.25) is 0 Å². The Morgan fingerprint density at radius 1 is 1.15 bits per heavy atom. The maximum Gasteiger partial charge on any atom is 0.329 e. The Morgan fingerprint density at radius 3 is 2.36 bits per heavy atom. The van der Waals surface area contributed by atoms with E-state index >= 15 is 0 Å². The number of hydrogen-bond donors (Lipinski definition) is 2. The fourth-order valence-electron chi connectivity index (χ4n) is 3.44. The molecule has 0 unspecified atom stereocenters. The number of H-pyrrole nitrogens is 1. The molecule has 3 aromatic rings. The van der Waals surface area contributed by atoms with Gasteiger partial charge in [0.1, 0.15) is 23.3 Å². The zero-order valence-corrected chi connectivity index (χ0v) is 21.0. The third-order valence-corrected chi connectivity index (χ3v) is 6.76. The Balaban J connectivity index is 1.70. The van der Waals surface area contributed by atoms with Crippen LogP contribution in [0.25, 0.3) is 10.2 Å². The molecule has 0 aliphatic rings. The van der Waals surface area contributed by atoms with Gasteiger partial charge in [-0.25, -0.2) is 9.78 Å². The summed E-state index contributed by atoms with van der Waals surface area (Å²) in [6.45, 7) is 13.6. The zero-order chi connectivity index (χ0) is 24.5. The van der Waals surface area contributed by atoms with Crippen molar-refractivity contribution in [1.29, 1.82) is 0 Å². The highest BCUT2D eigenvalue weighted by atomic mass is 32.1. The quantitative estimate of drug-likeness (QED) is 0.521. The molecule has 0 saturated carbocycles. The lowest BCUT2D eigenvalue weighted by Crippen LogP contribution is -2.45. The van der Waals surface area contributed by atoms with Gasteiger partial charge in [0.25, 0.3) is 11.5 Å². The van der Waals surface area contributed by atoms with Gasteiger partial charge in [-0.1, -0.05) is 46.8 Å². The number of esters is 1. The lowest BCUT2D eigenvalue weighted by atomic mass is 9.86. The van der Waals surface area contributed by atoms with Crippen LogP contribution in [0.5, 0.6) is 0 Å². The fraction of sp³-hybridized carbons (Fsp3) is 0.440. The summed E-state index contributed by atoms with van der Waals surface area (Å²) in [6.07, 6.45) is 0. The first-order chi connectivity index (χ1) is 15.4. The summed E-state index contributed by atoms with van der Waals surface area (Å²) in [5.74, 6) is -0.837. The number of aromatic nitrogens is 2. The second kappa shape index (κ2) is 9.47. The number of fused-ring (bicyclic) bond motifs is 1. The first-order valence-corrected chi connectivity index (χ1v) is 11.8. The van der Waals surface area contributed by atoms with Gasteiger partial charge in [-0.15, -0.1) is 11.3 Å². The summed E-state index contributed by atoms with van der Waals surface area (Å²) in [5, 5.41) is 3.34. The molecule has 1 amide bonds. The molecule has 8 heteroatoms. The van der Waals surface area contributed by atoms with Crippen LogP contribution in [-0.4, -0.2) is 27.9 Å². The second-order valence-electron chi connectivity index (χ2n) is 9.61. The number of ether oxygens (including phenoxy) is 1. The molecular formula is C25H31N3O4S. The normalized spacial score (nSPS) is 12.7. The molecule has 176 valence electrons. The van der Waals surface area contributed by atoms with E-state index in [-0.39, 0.29) is 35.2 Å². The monoisotopic (exact) mass is 469 g/mol. The lowest BCUT2D eigenvalue weighted by Gasteiger charge is -2.22. The van der Waals surface area contributed by atoms with Crippen LogP contribution < -0.4 is 10.9 Å². The molecule has 0 aliphatic heterocycles. The van der Waals surface area contributed by atoms with Crippen LogP contribution >= 0.6 is 11.3 Å². The highest BCUT2D eigenvalue weighted by Crippen LogP contribution is 2.26. The number of nitrogens with one attached hydrogen (secondary N) is 2. The third kappa shape index (κ3) is 5.50. The van der Waals surface area contributed by atoms with Crippen LogP contribution in [0.2, 0.25) is 0 Å². The van der Waals surface area contributed by atoms with Crippen molar-refractivity contribution in [3.8, 4) is 0 Å². The van der Waals surface area contributed by atoms with E-state index < -0.39 is 12.0 Å². The summed E-state index contributed by atoms with van der Waals surface area (Å²) in [5.41, 5.74) is 2.23. The van der Waals surface area contributed by atoms with Gasteiger partial charge in [0.15, 0.2) is 0 Å². The minimum absolute atomic E-state index is 0.0161. The molecular weight excluding hydrogens is 438 g/mol. The Morgan fingerprint density at radius 2 is 1.79 bits per heavy atom. The molecule has 0 fully saturated rings. The van der Waals surface area contributed by atoms with E-state index in [0.29, 0.717) is 15.8 Å². The van der Waals surface area contributed by atoms with Gasteiger partial charge in [-0.05, 0) is 48.4 Å². The number of amides is 1. The van der Waals surface area contributed by atoms with E-state index in [1.165, 1.54) is 11.3 Å². The van der Waals surface area contributed by atoms with Crippen molar-refractivity contribution in [2.24, 2.45) is 5.92 Å². The Labute approximate surface area is 197 Å². The predicted molar refractivity (Wildman–Crippen MR) is 131 cm³/mol. The van der Waals surface area contributed by atoms with Crippen LogP contribution in [0, 0.1) is 19.8 Å². The maximum atomic E-state index is 12.8. The zero-order valence-electron chi connectivity index (χ0n) is 20.2. The second-order valence-corrected chi connectivity index (χ2v) is 10.8. The molecule has 0 radical (unpaired) electrons. The number of hydrogen-bond acceptors (Lipinski definition) is 6. The molecule has 1 aromatic carbocycles. The standard InChI is InChI=1S/C25H31N3O4S/c1-13(2)20(28-21(29)16-8-10-17(11-9-16)25(5,6)7)24(31)32-12-18-26-22(30)19-14(3)15(4)33-23(19)27-18/h8-11,13,20H,12H2,1-7H3,(H,28,29)(H,26,27,30)/t20-/m0/s1. The van der Waals surface area contributed by atoms with Gasteiger partial charge in [-0.2, -0.15) is 0 Å². The lowest BCUT2D eigenvalue weighted by molar-refractivity contribution is -0.148. The van der Waals surface area contributed by atoms with Crippen LogP contribution in [0.3, 0.4) is 0 Å². The number of carbonyl (C=O) groups excluding carboxylic acids is 2. The Kier molecular flexibility index (Phi) is 7.07.